The highest BCUT2D eigenvalue weighted by Gasteiger charge is 2.40. The molecule has 1 aliphatic heterocycles. The molecule has 1 atom stereocenters. The molecule has 2 aromatic carbocycles. The first-order valence-electron chi connectivity index (χ1n) is 15.0. The van der Waals surface area contributed by atoms with Crippen LogP contribution in [-0.4, -0.2) is 86.7 Å². The topological polar surface area (TPSA) is 136 Å². The summed E-state index contributed by atoms with van der Waals surface area (Å²) in [6.07, 6.45) is 1.78. The molecule has 0 radical (unpaired) electrons. The smallest absolute Gasteiger partial charge is 0.314 e. The number of fused-ring (bicyclic) bond motifs is 2. The highest BCUT2D eigenvalue weighted by molar-refractivity contribution is 7.09. The Bertz CT molecular complexity index is 1450. The molecule has 2 bridgehead atoms. The molecule has 4 rings (SSSR count). The minimum Gasteiger partial charge on any atom is -0.484 e. The van der Waals surface area contributed by atoms with Crippen LogP contribution in [0.3, 0.4) is 0 Å². The fourth-order valence-electron chi connectivity index (χ4n) is 5.16. The summed E-state index contributed by atoms with van der Waals surface area (Å²) in [5, 5.41) is 8.10. The van der Waals surface area contributed by atoms with Gasteiger partial charge >= 0.3 is 5.97 Å². The third-order valence-electron chi connectivity index (χ3n) is 7.44. The predicted octanol–water partition coefficient (Wildman–Crippen LogP) is 3.02. The standard InChI is InChI=1S/C33H40N4O7S/c1-3-43-32(41)33(13-8-16-42-2)19-25-11-7-12-26(17-25)44-21-29(39)34-14-15-37(20-28(38)35-23-33)31(40)27-22-45-30(36-27)18-24-9-5-4-6-10-24/h4-7,9-12,17,22H,3,8,13-16,18-21,23H2,1-2H3,(H,34,39)(H,35,38). The Hall–Kier alpha value is -4.29. The van der Waals surface area contributed by atoms with Crippen molar-refractivity contribution >= 4 is 35.0 Å². The van der Waals surface area contributed by atoms with Gasteiger partial charge in [0.25, 0.3) is 11.8 Å². The van der Waals surface area contributed by atoms with Crippen LogP contribution in [0.1, 0.15) is 46.4 Å². The molecule has 2 heterocycles. The van der Waals surface area contributed by atoms with Gasteiger partial charge in [-0.15, -0.1) is 11.3 Å². The molecule has 3 amide bonds. The quantitative estimate of drug-likeness (QED) is 0.270. The summed E-state index contributed by atoms with van der Waals surface area (Å²) >= 11 is 1.37. The molecule has 1 aromatic heterocycles. The van der Waals surface area contributed by atoms with Gasteiger partial charge in [-0.05, 0) is 49.4 Å². The summed E-state index contributed by atoms with van der Waals surface area (Å²) in [4.78, 5) is 59.0. The van der Waals surface area contributed by atoms with Crippen LogP contribution in [0, 0.1) is 5.41 Å². The van der Waals surface area contributed by atoms with Crippen LogP contribution in [0.4, 0.5) is 0 Å². The van der Waals surface area contributed by atoms with Crippen molar-refractivity contribution in [2.45, 2.75) is 32.6 Å². The van der Waals surface area contributed by atoms with Gasteiger partial charge in [0.2, 0.25) is 5.91 Å². The molecule has 3 aromatic rings. The number of hydrogen-bond acceptors (Lipinski definition) is 9. The number of aromatic nitrogens is 1. The Morgan fingerprint density at radius 1 is 1.09 bits per heavy atom. The Kier molecular flexibility index (Phi) is 12.5. The van der Waals surface area contributed by atoms with Gasteiger partial charge in [0.05, 0.1) is 23.6 Å². The second-order valence-corrected chi connectivity index (χ2v) is 11.8. The summed E-state index contributed by atoms with van der Waals surface area (Å²) in [5.74, 6) is -1.21. The summed E-state index contributed by atoms with van der Waals surface area (Å²) in [5.41, 5.74) is 0.975. The maximum Gasteiger partial charge on any atom is 0.314 e. The zero-order valence-electron chi connectivity index (χ0n) is 25.7. The molecule has 12 heteroatoms. The second-order valence-electron chi connectivity index (χ2n) is 10.9. The number of carbonyl (C=O) groups is 4. The van der Waals surface area contributed by atoms with E-state index in [9.17, 15) is 19.2 Å². The van der Waals surface area contributed by atoms with E-state index in [1.165, 1.54) is 16.2 Å². The lowest BCUT2D eigenvalue weighted by Gasteiger charge is -2.32. The number of rotatable bonds is 9. The molecule has 45 heavy (non-hydrogen) atoms. The first-order valence-corrected chi connectivity index (χ1v) is 15.9. The summed E-state index contributed by atoms with van der Waals surface area (Å²) in [7, 11) is 1.59. The minimum absolute atomic E-state index is 0.00381. The Morgan fingerprint density at radius 3 is 2.69 bits per heavy atom. The van der Waals surface area contributed by atoms with Gasteiger partial charge < -0.3 is 29.7 Å². The first kappa shape index (κ1) is 33.6. The van der Waals surface area contributed by atoms with Crippen molar-refractivity contribution in [2.75, 3.05) is 53.1 Å². The molecule has 0 spiro atoms. The van der Waals surface area contributed by atoms with E-state index in [2.05, 4.69) is 15.6 Å². The molecule has 0 saturated heterocycles. The number of carbonyl (C=O) groups excluding carboxylic acids is 4. The number of ether oxygens (including phenoxy) is 3. The van der Waals surface area contributed by atoms with E-state index in [0.717, 1.165) is 16.1 Å². The average Bonchev–Trinajstić information content (AvgIpc) is 3.50. The van der Waals surface area contributed by atoms with Crippen LogP contribution < -0.4 is 15.4 Å². The van der Waals surface area contributed by atoms with Crippen LogP contribution >= 0.6 is 11.3 Å². The number of benzene rings is 2. The van der Waals surface area contributed by atoms with Crippen LogP contribution in [0.2, 0.25) is 0 Å². The molecular weight excluding hydrogens is 596 g/mol. The lowest BCUT2D eigenvalue weighted by atomic mass is 9.77. The Labute approximate surface area is 267 Å². The van der Waals surface area contributed by atoms with Gasteiger partial charge in [-0.3, -0.25) is 19.2 Å². The van der Waals surface area contributed by atoms with E-state index >= 15 is 0 Å². The number of amides is 3. The van der Waals surface area contributed by atoms with E-state index in [-0.39, 0.29) is 57.4 Å². The van der Waals surface area contributed by atoms with E-state index in [0.29, 0.717) is 31.6 Å². The van der Waals surface area contributed by atoms with Crippen molar-refractivity contribution in [1.82, 2.24) is 20.5 Å². The third-order valence-corrected chi connectivity index (χ3v) is 8.29. The number of thiazole rings is 1. The fraction of sp³-hybridized carbons (Fsp3) is 0.424. The number of hydrogen-bond donors (Lipinski definition) is 2. The monoisotopic (exact) mass is 636 g/mol. The zero-order valence-corrected chi connectivity index (χ0v) is 26.5. The van der Waals surface area contributed by atoms with E-state index < -0.39 is 23.2 Å². The highest BCUT2D eigenvalue weighted by Crippen LogP contribution is 2.32. The molecule has 240 valence electrons. The number of esters is 1. The van der Waals surface area contributed by atoms with E-state index in [1.54, 1.807) is 37.6 Å². The Morgan fingerprint density at radius 2 is 1.91 bits per heavy atom. The van der Waals surface area contributed by atoms with Crippen molar-refractivity contribution in [3.05, 3.63) is 81.8 Å². The number of nitrogens with one attached hydrogen (secondary N) is 2. The predicted molar refractivity (Wildman–Crippen MR) is 169 cm³/mol. The molecule has 0 saturated carbocycles. The minimum atomic E-state index is -1.10. The summed E-state index contributed by atoms with van der Waals surface area (Å²) < 4.78 is 16.5. The largest absolute Gasteiger partial charge is 0.484 e. The van der Waals surface area contributed by atoms with Crippen molar-refractivity contribution in [2.24, 2.45) is 5.41 Å². The fourth-order valence-corrected chi connectivity index (χ4v) is 5.97. The molecular formula is C33H40N4O7S. The van der Waals surface area contributed by atoms with E-state index in [4.69, 9.17) is 14.2 Å². The maximum atomic E-state index is 13.6. The molecule has 1 aliphatic rings. The lowest BCUT2D eigenvalue weighted by molar-refractivity contribution is -0.156. The zero-order chi connectivity index (χ0) is 32.1. The van der Waals surface area contributed by atoms with Gasteiger partial charge in [-0.1, -0.05) is 42.5 Å². The first-order chi connectivity index (χ1) is 21.8. The third kappa shape index (κ3) is 9.85. The van der Waals surface area contributed by atoms with Crippen molar-refractivity contribution in [3.63, 3.8) is 0 Å². The van der Waals surface area contributed by atoms with Gasteiger partial charge in [-0.2, -0.15) is 0 Å². The van der Waals surface area contributed by atoms with Gasteiger partial charge in [0, 0.05) is 45.2 Å². The second kappa shape index (κ2) is 16.7. The highest BCUT2D eigenvalue weighted by atomic mass is 32.1. The SMILES string of the molecule is CCOC(=O)C1(CCCOC)CNC(=O)CN(C(=O)c2csc(Cc3ccccc3)n2)CCNC(=O)COc2cccc(c2)C1. The van der Waals surface area contributed by atoms with Crippen molar-refractivity contribution < 1.29 is 33.4 Å². The van der Waals surface area contributed by atoms with E-state index in [1.807, 2.05) is 36.4 Å². The van der Waals surface area contributed by atoms with Crippen LogP contribution in [0.25, 0.3) is 0 Å². The normalized spacial score (nSPS) is 18.0. The Balaban J connectivity index is 1.58. The molecule has 0 fully saturated rings. The number of methoxy groups -OCH3 is 1. The summed E-state index contributed by atoms with van der Waals surface area (Å²) in [6, 6.07) is 17.0. The maximum absolute atomic E-state index is 13.6. The molecule has 0 aliphatic carbocycles. The lowest BCUT2D eigenvalue weighted by Crippen LogP contribution is -2.49. The molecule has 2 N–H and O–H groups in total. The molecule has 11 nitrogen and oxygen atoms in total. The van der Waals surface area contributed by atoms with Crippen molar-refractivity contribution in [1.29, 1.82) is 0 Å². The van der Waals surface area contributed by atoms with Gasteiger partial charge in [-0.25, -0.2) is 4.98 Å². The average molecular weight is 637 g/mol. The van der Waals surface area contributed by atoms with Crippen LogP contribution in [0.15, 0.2) is 60.0 Å². The molecule has 1 unspecified atom stereocenters. The van der Waals surface area contributed by atoms with Crippen LogP contribution in [0.5, 0.6) is 5.75 Å². The van der Waals surface area contributed by atoms with Gasteiger partial charge in [0.1, 0.15) is 11.4 Å². The van der Waals surface area contributed by atoms with Crippen LogP contribution in [-0.2, 0) is 36.7 Å². The summed E-state index contributed by atoms with van der Waals surface area (Å²) in [6.45, 7) is 1.99. The number of nitrogens with zero attached hydrogens (tertiary/aromatic N) is 2. The van der Waals surface area contributed by atoms with Crippen molar-refractivity contribution in [3.8, 4) is 5.75 Å². The van der Waals surface area contributed by atoms with Gasteiger partial charge in [0.15, 0.2) is 6.61 Å².